The molecule has 0 aromatic rings. The zero-order valence-corrected chi connectivity index (χ0v) is 42.6. The zero-order chi connectivity index (χ0) is 53.6. The Hall–Kier alpha value is -6.30. The summed E-state index contributed by atoms with van der Waals surface area (Å²) >= 11 is 0. The van der Waals surface area contributed by atoms with Crippen LogP contribution in [0, 0.1) is 66.5 Å². The van der Waals surface area contributed by atoms with E-state index >= 15 is 0 Å². The maximum Gasteiger partial charge on any atom is 0.344 e. The summed E-state index contributed by atoms with van der Waals surface area (Å²) in [5.74, 6) is -5.09. The van der Waals surface area contributed by atoms with E-state index in [0.717, 1.165) is 0 Å². The number of hydrogen-bond acceptors (Lipinski definition) is 21. The number of nitriles is 3. The second-order valence-electron chi connectivity index (χ2n) is 21.5. The Bertz CT molecular complexity index is 2270. The topological polar surface area (TPSA) is 308 Å². The summed E-state index contributed by atoms with van der Waals surface area (Å²) in [7, 11) is 0. The molecule has 3 saturated carbocycles. The van der Waals surface area contributed by atoms with E-state index in [1.165, 1.54) is 0 Å². The van der Waals surface area contributed by atoms with Gasteiger partial charge < -0.3 is 42.6 Å². The summed E-state index contributed by atoms with van der Waals surface area (Å²) in [5.41, 5.74) is -7.33. The van der Waals surface area contributed by atoms with Crippen molar-refractivity contribution < 1.29 is 85.8 Å². The van der Waals surface area contributed by atoms with Crippen LogP contribution in [-0.2, 0) is 85.8 Å². The van der Waals surface area contributed by atoms with Crippen molar-refractivity contribution in [2.75, 3.05) is 19.8 Å². The highest BCUT2D eigenvalue weighted by molar-refractivity contribution is 5.85. The van der Waals surface area contributed by atoms with Gasteiger partial charge in [-0.05, 0) is 113 Å². The van der Waals surface area contributed by atoms with E-state index in [1.807, 2.05) is 39.0 Å². The van der Waals surface area contributed by atoms with Gasteiger partial charge >= 0.3 is 53.7 Å². The van der Waals surface area contributed by atoms with Crippen molar-refractivity contribution in [1.82, 2.24) is 0 Å². The molecule has 0 spiro atoms. The Morgan fingerprint density at radius 3 is 1.54 bits per heavy atom. The van der Waals surface area contributed by atoms with Crippen LogP contribution in [0.1, 0.15) is 153 Å². The molecule has 3 aliphatic heterocycles. The molecule has 6 fully saturated rings. The zero-order valence-electron chi connectivity index (χ0n) is 42.6. The van der Waals surface area contributed by atoms with E-state index in [4.69, 9.17) is 47.9 Å². The van der Waals surface area contributed by atoms with Gasteiger partial charge in [-0.15, -0.1) is 0 Å². The average Bonchev–Trinajstić information content (AvgIpc) is 3.87. The van der Waals surface area contributed by atoms with Gasteiger partial charge in [-0.3, -0.25) is 28.8 Å². The summed E-state index contributed by atoms with van der Waals surface area (Å²) in [6.45, 7) is 17.9. The molecule has 6 rings (SSSR count). The van der Waals surface area contributed by atoms with E-state index in [2.05, 4.69) is 0 Å². The van der Waals surface area contributed by atoms with Crippen molar-refractivity contribution in [3.63, 3.8) is 0 Å². The van der Waals surface area contributed by atoms with Crippen LogP contribution in [0.3, 0.4) is 0 Å². The monoisotopic (exact) mass is 997 g/mol. The van der Waals surface area contributed by atoms with Gasteiger partial charge in [0.15, 0.2) is 36.1 Å². The molecule has 6 aliphatic rings. The van der Waals surface area contributed by atoms with Gasteiger partial charge in [-0.2, -0.15) is 15.8 Å². The minimum Gasteiger partial charge on any atom is -0.457 e. The normalized spacial score (nSPS) is 31.0. The Kier molecular flexibility index (Phi) is 17.4. The highest BCUT2D eigenvalue weighted by atomic mass is 16.6. The first-order chi connectivity index (χ1) is 32.9. The first-order valence-electron chi connectivity index (χ1n) is 23.9. The molecule has 0 amide bonds. The fourth-order valence-corrected chi connectivity index (χ4v) is 8.57. The van der Waals surface area contributed by atoms with Crippen molar-refractivity contribution in [2.24, 2.45) is 32.5 Å². The van der Waals surface area contributed by atoms with Crippen LogP contribution in [0.15, 0.2) is 0 Å². The van der Waals surface area contributed by atoms with Crippen LogP contribution in [0.2, 0.25) is 0 Å². The predicted molar refractivity (Wildman–Crippen MR) is 239 cm³/mol. The third-order valence-electron chi connectivity index (χ3n) is 15.1. The van der Waals surface area contributed by atoms with Crippen molar-refractivity contribution in [1.29, 1.82) is 15.8 Å². The summed E-state index contributed by atoms with van der Waals surface area (Å²) < 4.78 is 46.8. The van der Waals surface area contributed by atoms with Crippen LogP contribution in [0.25, 0.3) is 0 Å². The summed E-state index contributed by atoms with van der Waals surface area (Å²) in [6, 6.07) is 6.08. The number of fused-ring (bicyclic) bond motifs is 6. The van der Waals surface area contributed by atoms with Gasteiger partial charge in [0, 0.05) is 19.3 Å². The molecule has 9 unspecified atom stereocenters. The Balaban J connectivity index is 0.000000231. The molecular formula is C50H67N3O18. The molecule has 0 radical (unpaired) electrons. The van der Waals surface area contributed by atoms with Gasteiger partial charge in [-0.25, -0.2) is 14.4 Å². The fourth-order valence-electron chi connectivity index (χ4n) is 8.57. The quantitative estimate of drug-likeness (QED) is 0.149. The fraction of sp³-hybridized carbons (Fsp3) is 0.760. The van der Waals surface area contributed by atoms with E-state index < -0.39 is 142 Å². The molecule has 3 aliphatic carbocycles. The molecule has 3 heterocycles. The second-order valence-corrected chi connectivity index (χ2v) is 21.5. The maximum atomic E-state index is 12.0. The highest BCUT2D eigenvalue weighted by Gasteiger charge is 2.64. The number of carbonyl (C=O) groups excluding carboxylic acids is 9. The SMILES string of the molecule is CCC(C)(C)C(=O)OCC(=O)OC1(C)CCC2(C#N)CC1OC2=O.CCC(C)(C)C(=O)OCC(=O)OC1CCC2(C#N)CC1(C)OC2=O.CCC(C)(C)C(=O)OCC(=O)OC1CCC2(C#N)CC1OC2=O. The van der Waals surface area contributed by atoms with E-state index in [1.54, 1.807) is 55.4 Å². The lowest BCUT2D eigenvalue weighted by molar-refractivity contribution is -0.185. The minimum absolute atomic E-state index is 0.204. The molecular weight excluding hydrogens is 931 g/mol. The van der Waals surface area contributed by atoms with Crippen LogP contribution in [0.4, 0.5) is 0 Å². The maximum absolute atomic E-state index is 12.0. The molecule has 0 aromatic heterocycles. The molecule has 71 heavy (non-hydrogen) atoms. The third-order valence-corrected chi connectivity index (χ3v) is 15.1. The molecule has 390 valence electrons. The third kappa shape index (κ3) is 12.4. The lowest BCUT2D eigenvalue weighted by atomic mass is 9.70. The second kappa shape index (κ2) is 21.6. The first kappa shape index (κ1) is 57.3. The van der Waals surface area contributed by atoms with E-state index in [9.17, 15) is 53.7 Å². The van der Waals surface area contributed by atoms with Crippen molar-refractivity contribution in [2.45, 2.75) is 189 Å². The molecule has 0 aromatic carbocycles. The summed E-state index contributed by atoms with van der Waals surface area (Å²) in [5, 5.41) is 27.6. The number of nitrogens with zero attached hydrogens (tertiary/aromatic N) is 3. The Morgan fingerprint density at radius 2 is 1.04 bits per heavy atom. The smallest absolute Gasteiger partial charge is 0.344 e. The van der Waals surface area contributed by atoms with Crippen LogP contribution < -0.4 is 0 Å². The van der Waals surface area contributed by atoms with Crippen molar-refractivity contribution in [3.8, 4) is 18.2 Å². The lowest BCUT2D eigenvalue weighted by Gasteiger charge is -2.37. The standard InChI is InChI=1S/2C17H23NO6.C16H21NO6/c1-5-15(2,3)13(20)22-9-12(19)24-16(4)6-7-17(10-18)8-11(16)23-14(17)21;1-5-15(2,3)13(20)22-8-12(19)23-11-6-7-17(10-18)9-16(11,4)24-14(17)21;1-4-15(2,3)13(19)21-8-12(18)22-10-5-6-16(9-17)7-11(10)23-14(16)20/h2*11H,5-9H2,1-4H3;10-11H,4-8H2,1-3H3. The summed E-state index contributed by atoms with van der Waals surface area (Å²) in [4.78, 5) is 107. The van der Waals surface area contributed by atoms with Crippen LogP contribution in [0.5, 0.6) is 0 Å². The molecule has 6 bridgehead atoms. The molecule has 0 N–H and O–H groups in total. The van der Waals surface area contributed by atoms with Gasteiger partial charge in [0.05, 0.1) is 34.5 Å². The average molecular weight is 998 g/mol. The Morgan fingerprint density at radius 1 is 0.592 bits per heavy atom. The van der Waals surface area contributed by atoms with Crippen LogP contribution in [-0.4, -0.2) is 109 Å². The highest BCUT2D eigenvalue weighted by Crippen LogP contribution is 2.52. The lowest BCUT2D eigenvalue weighted by Crippen LogP contribution is -2.47. The number of carbonyl (C=O) groups is 9. The molecule has 21 nitrogen and oxygen atoms in total. The molecule has 21 heteroatoms. The van der Waals surface area contributed by atoms with Crippen molar-refractivity contribution in [3.05, 3.63) is 0 Å². The first-order valence-corrected chi connectivity index (χ1v) is 23.9. The minimum atomic E-state index is -1.13. The van der Waals surface area contributed by atoms with Crippen molar-refractivity contribution >= 4 is 53.7 Å². The van der Waals surface area contributed by atoms with Gasteiger partial charge in [0.2, 0.25) is 0 Å². The largest absolute Gasteiger partial charge is 0.457 e. The summed E-state index contributed by atoms with van der Waals surface area (Å²) in [6.07, 6.45) is 1.92. The van der Waals surface area contributed by atoms with Gasteiger partial charge in [0.25, 0.3) is 0 Å². The van der Waals surface area contributed by atoms with Crippen LogP contribution >= 0.6 is 0 Å². The Labute approximate surface area is 413 Å². The number of hydrogen-bond donors (Lipinski definition) is 0. The van der Waals surface area contributed by atoms with Gasteiger partial charge in [-0.1, -0.05) is 20.8 Å². The number of rotatable bonds is 15. The number of ether oxygens (including phenoxy) is 9. The predicted octanol–water partition coefficient (Wildman–Crippen LogP) is 5.27. The molecule has 3 saturated heterocycles. The van der Waals surface area contributed by atoms with Gasteiger partial charge in [0.1, 0.15) is 35.6 Å². The molecule has 9 atom stereocenters. The van der Waals surface area contributed by atoms with E-state index in [-0.39, 0.29) is 25.7 Å². The van der Waals surface area contributed by atoms with E-state index in [0.29, 0.717) is 51.4 Å². The number of esters is 9.